The fourth-order valence-corrected chi connectivity index (χ4v) is 3.29. The SMILES string of the molecule is C=CCOc1ccccc1N1COCc2cc3c(nc21)CCC3. The van der Waals surface area contributed by atoms with E-state index >= 15 is 0 Å². The molecular formula is C19H20N2O2. The van der Waals surface area contributed by atoms with Crippen LogP contribution in [0.1, 0.15) is 23.2 Å². The van der Waals surface area contributed by atoms with Crippen LogP contribution in [0.3, 0.4) is 0 Å². The van der Waals surface area contributed by atoms with Crippen molar-refractivity contribution in [3.8, 4) is 5.75 Å². The Bertz CT molecular complexity index is 742. The molecule has 0 bridgehead atoms. The number of benzene rings is 1. The third-order valence-electron chi connectivity index (χ3n) is 4.35. The summed E-state index contributed by atoms with van der Waals surface area (Å²) in [6, 6.07) is 10.3. The number of pyridine rings is 1. The lowest BCUT2D eigenvalue weighted by Gasteiger charge is -2.31. The van der Waals surface area contributed by atoms with Gasteiger partial charge in [0.1, 0.15) is 24.9 Å². The van der Waals surface area contributed by atoms with Crippen molar-refractivity contribution in [1.29, 1.82) is 0 Å². The number of aryl methyl sites for hydroxylation is 2. The highest BCUT2D eigenvalue weighted by atomic mass is 16.5. The summed E-state index contributed by atoms with van der Waals surface area (Å²) in [6.45, 7) is 5.32. The first-order valence-electron chi connectivity index (χ1n) is 8.06. The number of hydrogen-bond donors (Lipinski definition) is 0. The standard InChI is InChI=1S/C19H20N2O2/c1-2-10-23-18-9-4-3-8-17(18)21-13-22-12-15-11-14-6-5-7-16(14)20-19(15)21/h2-4,8-9,11H,1,5-7,10,12-13H2. The summed E-state index contributed by atoms with van der Waals surface area (Å²) in [5, 5.41) is 0. The van der Waals surface area contributed by atoms with Gasteiger partial charge < -0.3 is 9.47 Å². The number of fused-ring (bicyclic) bond motifs is 2. The number of nitrogens with zero attached hydrogens (tertiary/aromatic N) is 2. The number of aromatic nitrogens is 1. The van der Waals surface area contributed by atoms with Gasteiger partial charge in [-0.1, -0.05) is 24.8 Å². The lowest BCUT2D eigenvalue weighted by molar-refractivity contribution is 0.115. The van der Waals surface area contributed by atoms with E-state index in [1.165, 1.54) is 17.7 Å². The summed E-state index contributed by atoms with van der Waals surface area (Å²) in [4.78, 5) is 7.05. The molecular weight excluding hydrogens is 288 g/mol. The monoisotopic (exact) mass is 308 g/mol. The van der Waals surface area contributed by atoms with Gasteiger partial charge in [-0.2, -0.15) is 0 Å². The molecule has 0 radical (unpaired) electrons. The molecule has 0 saturated carbocycles. The van der Waals surface area contributed by atoms with Crippen LogP contribution in [0.15, 0.2) is 43.0 Å². The molecule has 0 fully saturated rings. The normalized spacial score (nSPS) is 15.9. The second-order valence-corrected chi connectivity index (χ2v) is 5.90. The van der Waals surface area contributed by atoms with Gasteiger partial charge in [0.25, 0.3) is 0 Å². The Morgan fingerprint density at radius 1 is 1.26 bits per heavy atom. The van der Waals surface area contributed by atoms with E-state index in [0.717, 1.165) is 35.7 Å². The van der Waals surface area contributed by atoms with E-state index < -0.39 is 0 Å². The van der Waals surface area contributed by atoms with Crippen molar-refractivity contribution in [3.63, 3.8) is 0 Å². The number of rotatable bonds is 4. The molecule has 2 aromatic rings. The van der Waals surface area contributed by atoms with E-state index in [4.69, 9.17) is 14.5 Å². The Labute approximate surface area is 136 Å². The Kier molecular flexibility index (Phi) is 3.75. The maximum Gasteiger partial charge on any atom is 0.143 e. The fraction of sp³-hybridized carbons (Fsp3) is 0.316. The highest BCUT2D eigenvalue weighted by Gasteiger charge is 2.25. The lowest BCUT2D eigenvalue weighted by Crippen LogP contribution is -2.28. The molecule has 4 nitrogen and oxygen atoms in total. The van der Waals surface area contributed by atoms with Crippen LogP contribution in [-0.4, -0.2) is 18.3 Å². The van der Waals surface area contributed by atoms with Gasteiger partial charge in [-0.25, -0.2) is 4.98 Å². The van der Waals surface area contributed by atoms with Gasteiger partial charge in [0.15, 0.2) is 0 Å². The minimum atomic E-state index is 0.482. The van der Waals surface area contributed by atoms with Crippen molar-refractivity contribution in [3.05, 3.63) is 59.8 Å². The average Bonchev–Trinajstić information content (AvgIpc) is 3.05. The largest absolute Gasteiger partial charge is 0.487 e. The zero-order chi connectivity index (χ0) is 15.6. The van der Waals surface area contributed by atoms with E-state index in [-0.39, 0.29) is 0 Å². The molecule has 118 valence electrons. The van der Waals surface area contributed by atoms with Crippen LogP contribution in [0.5, 0.6) is 5.75 Å². The van der Waals surface area contributed by atoms with Crippen molar-refractivity contribution < 1.29 is 9.47 Å². The molecule has 0 N–H and O–H groups in total. The van der Waals surface area contributed by atoms with E-state index in [9.17, 15) is 0 Å². The van der Waals surface area contributed by atoms with E-state index in [2.05, 4.69) is 17.5 Å². The summed E-state index contributed by atoms with van der Waals surface area (Å²) in [5.41, 5.74) is 4.77. The van der Waals surface area contributed by atoms with Crippen LogP contribution in [0.25, 0.3) is 0 Å². The molecule has 2 heterocycles. The van der Waals surface area contributed by atoms with Crippen LogP contribution < -0.4 is 9.64 Å². The predicted molar refractivity (Wildman–Crippen MR) is 90.2 cm³/mol. The number of anilines is 2. The van der Waals surface area contributed by atoms with Gasteiger partial charge in [-0.3, -0.25) is 4.90 Å². The van der Waals surface area contributed by atoms with Gasteiger partial charge in [0.05, 0.1) is 12.3 Å². The van der Waals surface area contributed by atoms with Crippen molar-refractivity contribution in [2.24, 2.45) is 0 Å². The molecule has 0 amide bonds. The minimum absolute atomic E-state index is 0.482. The molecule has 0 spiro atoms. The molecule has 4 rings (SSSR count). The van der Waals surface area contributed by atoms with Gasteiger partial charge in [0, 0.05) is 11.3 Å². The van der Waals surface area contributed by atoms with Crippen LogP contribution in [0.2, 0.25) is 0 Å². The first-order valence-corrected chi connectivity index (χ1v) is 8.06. The van der Waals surface area contributed by atoms with E-state index in [1.54, 1.807) is 6.08 Å². The maximum atomic E-state index is 5.80. The zero-order valence-electron chi connectivity index (χ0n) is 13.1. The fourth-order valence-electron chi connectivity index (χ4n) is 3.29. The van der Waals surface area contributed by atoms with Crippen LogP contribution in [0.4, 0.5) is 11.5 Å². The van der Waals surface area contributed by atoms with Crippen molar-refractivity contribution in [2.75, 3.05) is 18.2 Å². The molecule has 0 saturated heterocycles. The van der Waals surface area contributed by atoms with Gasteiger partial charge in [-0.05, 0) is 43.0 Å². The van der Waals surface area contributed by atoms with Gasteiger partial charge in [0.2, 0.25) is 0 Å². The second-order valence-electron chi connectivity index (χ2n) is 5.90. The Hall–Kier alpha value is -2.33. The van der Waals surface area contributed by atoms with E-state index in [1.807, 2.05) is 24.3 Å². The first kappa shape index (κ1) is 14.3. The molecule has 23 heavy (non-hydrogen) atoms. The first-order chi connectivity index (χ1) is 11.4. The topological polar surface area (TPSA) is 34.6 Å². The highest BCUT2D eigenvalue weighted by molar-refractivity contribution is 5.70. The van der Waals surface area contributed by atoms with Crippen molar-refractivity contribution in [1.82, 2.24) is 4.98 Å². The smallest absolute Gasteiger partial charge is 0.143 e. The molecule has 1 aromatic heterocycles. The number of para-hydroxylation sites is 2. The van der Waals surface area contributed by atoms with Crippen LogP contribution in [0, 0.1) is 0 Å². The second kappa shape index (κ2) is 6.05. The molecule has 0 atom stereocenters. The van der Waals surface area contributed by atoms with Crippen molar-refractivity contribution >= 4 is 11.5 Å². The Morgan fingerprint density at radius 3 is 3.09 bits per heavy atom. The zero-order valence-corrected chi connectivity index (χ0v) is 13.1. The quantitative estimate of drug-likeness (QED) is 0.806. The molecule has 4 heteroatoms. The molecule has 0 unspecified atom stereocenters. The molecule has 1 aromatic carbocycles. The number of hydrogen-bond acceptors (Lipinski definition) is 4. The Balaban J connectivity index is 1.76. The Morgan fingerprint density at radius 2 is 2.17 bits per heavy atom. The molecule has 2 aliphatic rings. The summed E-state index contributed by atoms with van der Waals surface area (Å²) in [6.07, 6.45) is 5.16. The van der Waals surface area contributed by atoms with Crippen LogP contribution >= 0.6 is 0 Å². The summed E-state index contributed by atoms with van der Waals surface area (Å²) in [5.74, 6) is 1.83. The van der Waals surface area contributed by atoms with Gasteiger partial charge >= 0.3 is 0 Å². The maximum absolute atomic E-state index is 5.80. The van der Waals surface area contributed by atoms with Crippen LogP contribution in [-0.2, 0) is 24.2 Å². The average molecular weight is 308 g/mol. The lowest BCUT2D eigenvalue weighted by atomic mass is 10.1. The third-order valence-corrected chi connectivity index (χ3v) is 4.35. The minimum Gasteiger partial charge on any atom is -0.487 e. The van der Waals surface area contributed by atoms with E-state index in [0.29, 0.717) is 19.9 Å². The van der Waals surface area contributed by atoms with Gasteiger partial charge in [-0.15, -0.1) is 0 Å². The predicted octanol–water partition coefficient (Wildman–Crippen LogP) is 3.76. The summed E-state index contributed by atoms with van der Waals surface area (Å²) in [7, 11) is 0. The summed E-state index contributed by atoms with van der Waals surface area (Å²) < 4.78 is 11.6. The van der Waals surface area contributed by atoms with Crippen molar-refractivity contribution in [2.45, 2.75) is 25.9 Å². The highest BCUT2D eigenvalue weighted by Crippen LogP contribution is 2.38. The molecule has 1 aliphatic heterocycles. The number of ether oxygens (including phenoxy) is 2. The summed E-state index contributed by atoms with van der Waals surface area (Å²) >= 11 is 0. The third kappa shape index (κ3) is 2.59. The molecule has 1 aliphatic carbocycles.